The van der Waals surface area contributed by atoms with Gasteiger partial charge in [0, 0.05) is 30.2 Å². The van der Waals surface area contributed by atoms with Crippen LogP contribution in [0.2, 0.25) is 5.02 Å². The number of aryl methyl sites for hydroxylation is 1. The Bertz CT molecular complexity index is 695. The molecule has 1 aromatic heterocycles. The van der Waals surface area contributed by atoms with Gasteiger partial charge in [-0.3, -0.25) is 4.79 Å². The molecule has 1 N–H and O–H groups in total. The molecule has 6 nitrogen and oxygen atoms in total. The fourth-order valence-electron chi connectivity index (χ4n) is 2.61. The smallest absolute Gasteiger partial charge is 0.256 e. The summed E-state index contributed by atoms with van der Waals surface area (Å²) in [5.74, 6) is 1.18. The summed E-state index contributed by atoms with van der Waals surface area (Å²) in [5, 5.41) is 7.60. The minimum atomic E-state index is 0.00674. The molecule has 2 heterocycles. The molecule has 0 atom stereocenters. The normalized spacial score (nSPS) is 14.3. The second-order valence-electron chi connectivity index (χ2n) is 5.50. The molecule has 23 heavy (non-hydrogen) atoms. The van der Waals surface area contributed by atoms with Crippen LogP contribution in [0.15, 0.2) is 22.7 Å². The minimum Gasteiger partial charge on any atom is -0.375 e. The lowest BCUT2D eigenvalue weighted by Crippen LogP contribution is -2.28. The van der Waals surface area contributed by atoms with E-state index in [9.17, 15) is 4.79 Å². The van der Waals surface area contributed by atoms with Crippen LogP contribution in [0.5, 0.6) is 0 Å². The molecule has 0 radical (unpaired) electrons. The molecule has 1 amide bonds. The number of nitrogens with zero attached hydrogens (tertiary/aromatic N) is 3. The number of hydrogen-bond acceptors (Lipinski definition) is 5. The van der Waals surface area contributed by atoms with Crippen LogP contribution >= 0.6 is 11.6 Å². The van der Waals surface area contributed by atoms with Crippen LogP contribution in [0.25, 0.3) is 0 Å². The van der Waals surface area contributed by atoms with E-state index in [4.69, 9.17) is 16.1 Å². The molecule has 2 aromatic rings. The van der Waals surface area contributed by atoms with E-state index in [-0.39, 0.29) is 5.91 Å². The second-order valence-corrected chi connectivity index (χ2v) is 5.94. The standard InChI is InChI=1S/C16H19ClN4O2/c1-2-14-19-15(23-20-14)10-18-13-6-5-11(17)9-12(13)16(22)21-7-3-4-8-21/h5-6,9,18H,2-4,7-8,10H2,1H3. The summed E-state index contributed by atoms with van der Waals surface area (Å²) in [7, 11) is 0. The first-order chi connectivity index (χ1) is 11.2. The van der Waals surface area contributed by atoms with Crippen LogP contribution in [0.4, 0.5) is 5.69 Å². The van der Waals surface area contributed by atoms with Gasteiger partial charge in [0.25, 0.3) is 5.91 Å². The Hall–Kier alpha value is -2.08. The Balaban J connectivity index is 1.76. The summed E-state index contributed by atoms with van der Waals surface area (Å²) in [4.78, 5) is 18.8. The first-order valence-corrected chi connectivity index (χ1v) is 8.19. The van der Waals surface area contributed by atoms with Crippen molar-refractivity contribution in [2.24, 2.45) is 0 Å². The number of rotatable bonds is 5. The van der Waals surface area contributed by atoms with Crippen molar-refractivity contribution in [3.63, 3.8) is 0 Å². The van der Waals surface area contributed by atoms with Crippen molar-refractivity contribution in [1.82, 2.24) is 15.0 Å². The van der Waals surface area contributed by atoms with Crippen molar-refractivity contribution < 1.29 is 9.32 Å². The molecule has 1 aromatic carbocycles. The Morgan fingerprint density at radius 1 is 1.39 bits per heavy atom. The van der Waals surface area contributed by atoms with Crippen LogP contribution < -0.4 is 5.32 Å². The molecular weight excluding hydrogens is 316 g/mol. The Morgan fingerprint density at radius 3 is 2.87 bits per heavy atom. The van der Waals surface area contributed by atoms with Gasteiger partial charge in [0.15, 0.2) is 5.82 Å². The van der Waals surface area contributed by atoms with Crippen molar-refractivity contribution in [3.05, 3.63) is 40.5 Å². The number of likely N-dealkylation sites (tertiary alicyclic amines) is 1. The zero-order valence-electron chi connectivity index (χ0n) is 13.0. The molecule has 7 heteroatoms. The Morgan fingerprint density at radius 2 is 2.17 bits per heavy atom. The highest BCUT2D eigenvalue weighted by Crippen LogP contribution is 2.24. The van der Waals surface area contributed by atoms with Crippen LogP contribution in [0.3, 0.4) is 0 Å². The van der Waals surface area contributed by atoms with Gasteiger partial charge in [0.1, 0.15) is 0 Å². The third-order valence-corrected chi connectivity index (χ3v) is 4.10. The van der Waals surface area contributed by atoms with Gasteiger partial charge in [-0.05, 0) is 31.0 Å². The van der Waals surface area contributed by atoms with Crippen molar-refractivity contribution >= 4 is 23.2 Å². The fraction of sp³-hybridized carbons (Fsp3) is 0.438. The van der Waals surface area contributed by atoms with E-state index in [1.54, 1.807) is 12.1 Å². The molecule has 0 aliphatic carbocycles. The number of aromatic nitrogens is 2. The monoisotopic (exact) mass is 334 g/mol. The predicted molar refractivity (Wildman–Crippen MR) is 87.6 cm³/mol. The largest absolute Gasteiger partial charge is 0.375 e. The van der Waals surface area contributed by atoms with Crippen LogP contribution in [0.1, 0.15) is 41.8 Å². The molecular formula is C16H19ClN4O2. The highest BCUT2D eigenvalue weighted by molar-refractivity contribution is 6.31. The number of amides is 1. The van der Waals surface area contributed by atoms with Crippen LogP contribution in [-0.4, -0.2) is 34.0 Å². The molecule has 1 saturated heterocycles. The van der Waals surface area contributed by atoms with Crippen molar-refractivity contribution in [3.8, 4) is 0 Å². The summed E-state index contributed by atoms with van der Waals surface area (Å²) in [6.45, 7) is 3.94. The summed E-state index contributed by atoms with van der Waals surface area (Å²) in [6, 6.07) is 5.27. The third-order valence-electron chi connectivity index (χ3n) is 3.86. The number of anilines is 1. The van der Waals surface area contributed by atoms with Gasteiger partial charge in [0.05, 0.1) is 12.1 Å². The quantitative estimate of drug-likeness (QED) is 0.909. The lowest BCUT2D eigenvalue weighted by atomic mass is 10.1. The van der Waals surface area contributed by atoms with E-state index in [1.807, 2.05) is 17.9 Å². The summed E-state index contributed by atoms with van der Waals surface area (Å²) in [5.41, 5.74) is 1.30. The first-order valence-electron chi connectivity index (χ1n) is 7.81. The van der Waals surface area contributed by atoms with Gasteiger partial charge in [-0.25, -0.2) is 0 Å². The van der Waals surface area contributed by atoms with E-state index in [1.165, 1.54) is 0 Å². The zero-order valence-corrected chi connectivity index (χ0v) is 13.8. The molecule has 1 aliphatic heterocycles. The van der Waals surface area contributed by atoms with E-state index in [0.29, 0.717) is 28.8 Å². The molecule has 122 valence electrons. The maximum atomic E-state index is 12.7. The SMILES string of the molecule is CCc1noc(CNc2ccc(Cl)cc2C(=O)N2CCCC2)n1. The number of carbonyl (C=O) groups excluding carboxylic acids is 1. The van der Waals surface area contributed by atoms with Crippen LogP contribution in [0, 0.1) is 0 Å². The Labute approximate surface area is 139 Å². The third kappa shape index (κ3) is 3.64. The predicted octanol–water partition coefficient (Wildman–Crippen LogP) is 3.13. The maximum Gasteiger partial charge on any atom is 0.256 e. The molecule has 0 unspecified atom stereocenters. The van der Waals surface area contributed by atoms with E-state index in [0.717, 1.165) is 38.0 Å². The van der Waals surface area contributed by atoms with Crippen molar-refractivity contribution in [2.75, 3.05) is 18.4 Å². The highest BCUT2D eigenvalue weighted by Gasteiger charge is 2.22. The number of hydrogen-bond donors (Lipinski definition) is 1. The molecule has 0 bridgehead atoms. The topological polar surface area (TPSA) is 71.3 Å². The molecule has 3 rings (SSSR count). The number of halogens is 1. The summed E-state index contributed by atoms with van der Waals surface area (Å²) >= 11 is 6.07. The highest BCUT2D eigenvalue weighted by atomic mass is 35.5. The van der Waals surface area contributed by atoms with Crippen LogP contribution in [-0.2, 0) is 13.0 Å². The molecule has 1 aliphatic rings. The van der Waals surface area contributed by atoms with Gasteiger partial charge >= 0.3 is 0 Å². The number of nitrogens with one attached hydrogen (secondary N) is 1. The first kappa shape index (κ1) is 15.8. The zero-order chi connectivity index (χ0) is 16.2. The number of carbonyl (C=O) groups is 1. The second kappa shape index (κ2) is 7.00. The lowest BCUT2D eigenvalue weighted by Gasteiger charge is -2.18. The van der Waals surface area contributed by atoms with E-state index in [2.05, 4.69) is 15.5 Å². The fourth-order valence-corrected chi connectivity index (χ4v) is 2.79. The van der Waals surface area contributed by atoms with Gasteiger partial charge in [-0.1, -0.05) is 23.7 Å². The van der Waals surface area contributed by atoms with Gasteiger partial charge in [-0.15, -0.1) is 0 Å². The van der Waals surface area contributed by atoms with Gasteiger partial charge in [0.2, 0.25) is 5.89 Å². The lowest BCUT2D eigenvalue weighted by molar-refractivity contribution is 0.0793. The summed E-state index contributed by atoms with van der Waals surface area (Å²) in [6.07, 6.45) is 2.83. The Kier molecular flexibility index (Phi) is 4.81. The average Bonchev–Trinajstić information content (AvgIpc) is 3.24. The van der Waals surface area contributed by atoms with Gasteiger partial charge < -0.3 is 14.7 Å². The molecule has 0 saturated carbocycles. The van der Waals surface area contributed by atoms with E-state index < -0.39 is 0 Å². The molecule has 1 fully saturated rings. The van der Waals surface area contributed by atoms with Crippen molar-refractivity contribution in [2.45, 2.75) is 32.7 Å². The maximum absolute atomic E-state index is 12.7. The minimum absolute atomic E-state index is 0.00674. The average molecular weight is 335 g/mol. The van der Waals surface area contributed by atoms with E-state index >= 15 is 0 Å². The number of benzene rings is 1. The van der Waals surface area contributed by atoms with Gasteiger partial charge in [-0.2, -0.15) is 4.98 Å². The van der Waals surface area contributed by atoms with Crippen molar-refractivity contribution in [1.29, 1.82) is 0 Å². The molecule has 0 spiro atoms. The summed E-state index contributed by atoms with van der Waals surface area (Å²) < 4.78 is 5.16.